The maximum Gasteiger partial charge on any atom is 0.261 e. The molecule has 0 radical (unpaired) electrons. The second kappa shape index (κ2) is 7.95. The summed E-state index contributed by atoms with van der Waals surface area (Å²) in [7, 11) is -2.58. The summed E-state index contributed by atoms with van der Waals surface area (Å²) in [5.41, 5.74) is 0.258. The molecule has 25 heavy (non-hydrogen) atoms. The number of methoxy groups -OCH3 is 1. The first-order chi connectivity index (χ1) is 11.8. The van der Waals surface area contributed by atoms with Crippen LogP contribution in [0.15, 0.2) is 41.3 Å². The van der Waals surface area contributed by atoms with Crippen molar-refractivity contribution in [2.45, 2.75) is 11.8 Å². The number of amides is 1. The second-order valence-electron chi connectivity index (χ2n) is 4.93. The molecule has 2 aromatic carbocycles. The topological polar surface area (TPSA) is 84.5 Å². The number of sulfonamides is 1. The van der Waals surface area contributed by atoms with Gasteiger partial charge in [-0.1, -0.05) is 29.3 Å². The predicted molar refractivity (Wildman–Crippen MR) is 98.3 cm³/mol. The van der Waals surface area contributed by atoms with Crippen molar-refractivity contribution in [3.05, 3.63) is 52.0 Å². The van der Waals surface area contributed by atoms with Crippen molar-refractivity contribution in [1.82, 2.24) is 5.32 Å². The minimum absolute atomic E-state index is 0.0882. The minimum atomic E-state index is -3.98. The first kappa shape index (κ1) is 19.4. The van der Waals surface area contributed by atoms with E-state index in [-0.39, 0.29) is 31.9 Å². The number of halogens is 2. The molecule has 0 unspecified atom stereocenters. The van der Waals surface area contributed by atoms with Crippen LogP contribution >= 0.6 is 23.2 Å². The molecule has 0 aliphatic rings. The lowest BCUT2D eigenvalue weighted by Crippen LogP contribution is -2.24. The number of hydrogen-bond acceptors (Lipinski definition) is 4. The van der Waals surface area contributed by atoms with Crippen LogP contribution in [0.3, 0.4) is 0 Å². The molecule has 0 bridgehead atoms. The van der Waals surface area contributed by atoms with Gasteiger partial charge >= 0.3 is 0 Å². The van der Waals surface area contributed by atoms with Crippen molar-refractivity contribution in [2.75, 3.05) is 18.4 Å². The van der Waals surface area contributed by atoms with E-state index in [1.54, 1.807) is 19.1 Å². The minimum Gasteiger partial charge on any atom is -0.496 e. The number of anilines is 1. The fourth-order valence-electron chi connectivity index (χ4n) is 2.07. The Labute approximate surface area is 156 Å². The monoisotopic (exact) mass is 402 g/mol. The summed E-state index contributed by atoms with van der Waals surface area (Å²) in [5.74, 6) is -0.164. The summed E-state index contributed by atoms with van der Waals surface area (Å²) in [6.07, 6.45) is 0. The lowest BCUT2D eigenvalue weighted by Gasteiger charge is -2.13. The van der Waals surface area contributed by atoms with E-state index in [9.17, 15) is 13.2 Å². The zero-order valence-corrected chi connectivity index (χ0v) is 15.8. The van der Waals surface area contributed by atoms with Crippen molar-refractivity contribution in [3.63, 3.8) is 0 Å². The zero-order chi connectivity index (χ0) is 18.6. The summed E-state index contributed by atoms with van der Waals surface area (Å²) in [5, 5.41) is 2.92. The van der Waals surface area contributed by atoms with E-state index in [4.69, 9.17) is 27.9 Å². The molecule has 0 fully saturated rings. The van der Waals surface area contributed by atoms with Gasteiger partial charge in [-0.2, -0.15) is 0 Å². The van der Waals surface area contributed by atoms with Crippen LogP contribution in [-0.4, -0.2) is 28.0 Å². The van der Waals surface area contributed by atoms with Crippen molar-refractivity contribution in [2.24, 2.45) is 0 Å². The molecule has 0 heterocycles. The molecule has 0 spiro atoms. The summed E-state index contributed by atoms with van der Waals surface area (Å²) in [6.45, 7) is 2.16. The Balaban J connectivity index is 2.44. The van der Waals surface area contributed by atoms with Crippen molar-refractivity contribution >= 4 is 44.8 Å². The van der Waals surface area contributed by atoms with Crippen LogP contribution in [0.2, 0.25) is 10.0 Å². The molecule has 134 valence electrons. The van der Waals surface area contributed by atoms with Crippen LogP contribution in [0.25, 0.3) is 0 Å². The van der Waals surface area contributed by atoms with Crippen LogP contribution in [0.5, 0.6) is 5.75 Å². The smallest absolute Gasteiger partial charge is 0.261 e. The van der Waals surface area contributed by atoms with Gasteiger partial charge in [0.25, 0.3) is 15.9 Å². The van der Waals surface area contributed by atoms with E-state index < -0.39 is 15.9 Å². The third kappa shape index (κ3) is 4.36. The molecule has 0 aromatic heterocycles. The molecule has 2 N–H and O–H groups in total. The van der Waals surface area contributed by atoms with Crippen LogP contribution in [-0.2, 0) is 10.0 Å². The van der Waals surface area contributed by atoms with Gasteiger partial charge in [-0.25, -0.2) is 8.42 Å². The molecular formula is C16H16Cl2N2O4S. The molecule has 0 saturated heterocycles. The number of rotatable bonds is 6. The Morgan fingerprint density at radius 2 is 1.92 bits per heavy atom. The summed E-state index contributed by atoms with van der Waals surface area (Å²) >= 11 is 11.9. The number of benzene rings is 2. The number of hydrogen-bond donors (Lipinski definition) is 2. The number of carbonyl (C=O) groups is 1. The highest BCUT2D eigenvalue weighted by Crippen LogP contribution is 2.31. The molecule has 9 heteroatoms. The van der Waals surface area contributed by atoms with Gasteiger partial charge in [0.15, 0.2) is 0 Å². The highest BCUT2D eigenvalue weighted by molar-refractivity contribution is 7.92. The quantitative estimate of drug-likeness (QED) is 0.773. The van der Waals surface area contributed by atoms with Gasteiger partial charge in [-0.3, -0.25) is 9.52 Å². The highest BCUT2D eigenvalue weighted by Gasteiger charge is 2.21. The van der Waals surface area contributed by atoms with E-state index in [0.717, 1.165) is 0 Å². The predicted octanol–water partition coefficient (Wildman–Crippen LogP) is 3.55. The summed E-state index contributed by atoms with van der Waals surface area (Å²) in [4.78, 5) is 12.0. The Bertz CT molecular complexity index is 901. The van der Waals surface area contributed by atoms with Crippen LogP contribution in [0.4, 0.5) is 5.69 Å². The summed E-state index contributed by atoms with van der Waals surface area (Å²) in [6, 6.07) is 8.59. The van der Waals surface area contributed by atoms with Crippen LogP contribution < -0.4 is 14.8 Å². The van der Waals surface area contributed by atoms with Crippen molar-refractivity contribution in [1.29, 1.82) is 0 Å². The van der Waals surface area contributed by atoms with Gasteiger partial charge in [0, 0.05) is 6.54 Å². The normalized spacial score (nSPS) is 11.0. The van der Waals surface area contributed by atoms with Crippen LogP contribution in [0.1, 0.15) is 17.3 Å². The Hall–Kier alpha value is -1.96. The molecule has 0 aliphatic heterocycles. The van der Waals surface area contributed by atoms with Gasteiger partial charge in [0.05, 0.1) is 33.3 Å². The van der Waals surface area contributed by atoms with E-state index in [0.29, 0.717) is 6.54 Å². The molecule has 1 amide bonds. The SMILES string of the molecule is CCNC(=O)c1cc(S(=O)(=O)Nc2cccc(Cl)c2Cl)ccc1OC. The van der Waals surface area contributed by atoms with Gasteiger partial charge in [-0.05, 0) is 37.3 Å². The Kier molecular flexibility index (Phi) is 6.16. The second-order valence-corrected chi connectivity index (χ2v) is 7.40. The van der Waals surface area contributed by atoms with E-state index >= 15 is 0 Å². The number of ether oxygens (including phenoxy) is 1. The zero-order valence-electron chi connectivity index (χ0n) is 13.5. The maximum absolute atomic E-state index is 12.6. The molecule has 0 aliphatic carbocycles. The number of nitrogens with one attached hydrogen (secondary N) is 2. The van der Waals surface area contributed by atoms with Gasteiger partial charge in [-0.15, -0.1) is 0 Å². The van der Waals surface area contributed by atoms with Gasteiger partial charge in [0.1, 0.15) is 5.75 Å². The molecule has 2 aromatic rings. The van der Waals surface area contributed by atoms with Gasteiger partial charge < -0.3 is 10.1 Å². The lowest BCUT2D eigenvalue weighted by molar-refractivity contribution is 0.0952. The average molecular weight is 403 g/mol. The van der Waals surface area contributed by atoms with Gasteiger partial charge in [0.2, 0.25) is 0 Å². The van der Waals surface area contributed by atoms with Crippen molar-refractivity contribution in [3.8, 4) is 5.75 Å². The summed E-state index contributed by atoms with van der Waals surface area (Å²) < 4.78 is 32.7. The lowest BCUT2D eigenvalue weighted by atomic mass is 10.2. The third-order valence-electron chi connectivity index (χ3n) is 3.26. The third-order valence-corrected chi connectivity index (χ3v) is 5.44. The average Bonchev–Trinajstić information content (AvgIpc) is 2.58. The Morgan fingerprint density at radius 1 is 1.20 bits per heavy atom. The van der Waals surface area contributed by atoms with Crippen molar-refractivity contribution < 1.29 is 17.9 Å². The fraction of sp³-hybridized carbons (Fsp3) is 0.188. The Morgan fingerprint density at radius 3 is 2.56 bits per heavy atom. The molecule has 6 nitrogen and oxygen atoms in total. The van der Waals surface area contributed by atoms with Crippen LogP contribution in [0, 0.1) is 0 Å². The largest absolute Gasteiger partial charge is 0.496 e. The highest BCUT2D eigenvalue weighted by atomic mass is 35.5. The van der Waals surface area contributed by atoms with E-state index in [1.165, 1.54) is 31.4 Å². The number of carbonyl (C=O) groups excluding carboxylic acids is 1. The molecule has 2 rings (SSSR count). The standard InChI is InChI=1S/C16H16Cl2N2O4S/c1-3-19-16(21)11-9-10(7-8-14(11)24-2)25(22,23)20-13-6-4-5-12(17)15(13)18/h4-9,20H,3H2,1-2H3,(H,19,21). The molecule has 0 saturated carbocycles. The fourth-order valence-corrected chi connectivity index (χ4v) is 3.58. The van der Waals surface area contributed by atoms with E-state index in [1.807, 2.05) is 0 Å². The molecular weight excluding hydrogens is 387 g/mol. The molecule has 0 atom stereocenters. The maximum atomic E-state index is 12.6. The van der Waals surface area contributed by atoms with E-state index in [2.05, 4.69) is 10.0 Å². The first-order valence-electron chi connectivity index (χ1n) is 7.23. The first-order valence-corrected chi connectivity index (χ1v) is 9.47.